The number of aromatic nitrogens is 4. The number of thioether (sulfide) groups is 1. The van der Waals surface area contributed by atoms with Crippen LogP contribution in [0.25, 0.3) is 11.4 Å². The first-order chi connectivity index (χ1) is 13.2. The second-order valence-corrected chi connectivity index (χ2v) is 7.38. The van der Waals surface area contributed by atoms with E-state index in [1.807, 2.05) is 48.7 Å². The molecule has 1 amide bonds. The molecule has 0 aliphatic heterocycles. The van der Waals surface area contributed by atoms with Gasteiger partial charge < -0.3 is 9.88 Å². The van der Waals surface area contributed by atoms with Gasteiger partial charge in [-0.05, 0) is 38.0 Å². The van der Waals surface area contributed by atoms with Crippen LogP contribution in [0.5, 0.6) is 0 Å². The van der Waals surface area contributed by atoms with E-state index in [-0.39, 0.29) is 11.2 Å². The lowest BCUT2D eigenvalue weighted by atomic mass is 10.1. The maximum absolute atomic E-state index is 12.4. The molecule has 1 atom stereocenters. The minimum absolute atomic E-state index is 0.00652. The molecule has 0 unspecified atom stereocenters. The van der Waals surface area contributed by atoms with Gasteiger partial charge in [-0.3, -0.25) is 9.78 Å². The number of rotatable bonds is 8. The Balaban J connectivity index is 1.59. The Morgan fingerprint density at radius 2 is 1.89 bits per heavy atom. The highest BCUT2D eigenvalue weighted by atomic mass is 32.2. The number of benzene rings is 1. The van der Waals surface area contributed by atoms with E-state index in [2.05, 4.69) is 32.6 Å². The Bertz CT molecular complexity index is 867. The van der Waals surface area contributed by atoms with E-state index < -0.39 is 0 Å². The summed E-state index contributed by atoms with van der Waals surface area (Å²) in [5, 5.41) is 12.1. The van der Waals surface area contributed by atoms with E-state index in [9.17, 15) is 4.79 Å². The standard InChI is InChI=1S/C20H23N5OS/c1-3-25-18(17-10-12-21-13-11-17)23-24-20(25)27-15(2)19(26)22-14-9-16-7-5-4-6-8-16/h4-8,10-13,15H,3,9,14H2,1-2H3,(H,22,26)/t15-/m0/s1. The molecule has 0 saturated heterocycles. The summed E-state index contributed by atoms with van der Waals surface area (Å²) < 4.78 is 2.02. The van der Waals surface area contributed by atoms with Crippen molar-refractivity contribution in [1.29, 1.82) is 0 Å². The van der Waals surface area contributed by atoms with Crippen LogP contribution in [0.3, 0.4) is 0 Å². The third-order valence-electron chi connectivity index (χ3n) is 4.18. The Kier molecular flexibility index (Phi) is 6.59. The van der Waals surface area contributed by atoms with Gasteiger partial charge in [-0.15, -0.1) is 10.2 Å². The van der Waals surface area contributed by atoms with Crippen molar-refractivity contribution >= 4 is 17.7 Å². The third kappa shape index (κ3) is 4.95. The summed E-state index contributed by atoms with van der Waals surface area (Å²) in [7, 11) is 0. The minimum atomic E-state index is -0.249. The average Bonchev–Trinajstić information content (AvgIpc) is 3.11. The van der Waals surface area contributed by atoms with Crippen molar-refractivity contribution in [2.75, 3.05) is 6.54 Å². The number of hydrogen-bond acceptors (Lipinski definition) is 5. The Morgan fingerprint density at radius 1 is 1.15 bits per heavy atom. The van der Waals surface area contributed by atoms with Crippen molar-refractivity contribution in [3.05, 3.63) is 60.4 Å². The number of amides is 1. The number of nitrogens with zero attached hydrogens (tertiary/aromatic N) is 4. The number of carbonyl (C=O) groups excluding carboxylic acids is 1. The molecule has 140 valence electrons. The fourth-order valence-corrected chi connectivity index (χ4v) is 3.64. The Labute approximate surface area is 163 Å². The molecule has 2 aromatic heterocycles. The molecule has 7 heteroatoms. The number of hydrogen-bond donors (Lipinski definition) is 1. The first kappa shape index (κ1) is 19.1. The zero-order valence-electron chi connectivity index (χ0n) is 15.5. The van der Waals surface area contributed by atoms with Crippen LogP contribution in [0, 0.1) is 0 Å². The molecule has 3 aromatic rings. The van der Waals surface area contributed by atoms with E-state index in [0.717, 1.165) is 29.5 Å². The molecule has 1 N–H and O–H groups in total. The quantitative estimate of drug-likeness (QED) is 0.607. The summed E-state index contributed by atoms with van der Waals surface area (Å²) >= 11 is 1.43. The lowest BCUT2D eigenvalue weighted by Gasteiger charge is -2.13. The van der Waals surface area contributed by atoms with Crippen LogP contribution in [0.4, 0.5) is 0 Å². The summed E-state index contributed by atoms with van der Waals surface area (Å²) in [4.78, 5) is 16.5. The van der Waals surface area contributed by atoms with Gasteiger partial charge >= 0.3 is 0 Å². The molecule has 2 heterocycles. The van der Waals surface area contributed by atoms with Gasteiger partial charge in [-0.25, -0.2) is 0 Å². The highest BCUT2D eigenvalue weighted by molar-refractivity contribution is 8.00. The Hall–Kier alpha value is -2.67. The van der Waals surface area contributed by atoms with Gasteiger partial charge in [-0.2, -0.15) is 0 Å². The SMILES string of the molecule is CCn1c(S[C@@H](C)C(=O)NCCc2ccccc2)nnc1-c1ccncc1. The lowest BCUT2D eigenvalue weighted by Crippen LogP contribution is -2.32. The average molecular weight is 382 g/mol. The molecule has 6 nitrogen and oxygen atoms in total. The van der Waals surface area contributed by atoms with Crippen LogP contribution in [0.15, 0.2) is 60.0 Å². The summed E-state index contributed by atoms with van der Waals surface area (Å²) in [5.41, 5.74) is 2.18. The first-order valence-corrected chi connectivity index (χ1v) is 9.89. The molecule has 0 radical (unpaired) electrons. The number of carbonyl (C=O) groups is 1. The third-order valence-corrected chi connectivity index (χ3v) is 5.26. The van der Waals surface area contributed by atoms with Gasteiger partial charge in [0.25, 0.3) is 0 Å². The van der Waals surface area contributed by atoms with Crippen LogP contribution in [0.2, 0.25) is 0 Å². The second kappa shape index (κ2) is 9.32. The molecular formula is C20H23N5OS. The maximum atomic E-state index is 12.4. The minimum Gasteiger partial charge on any atom is -0.355 e. The number of nitrogens with one attached hydrogen (secondary N) is 1. The van der Waals surface area contributed by atoms with Crippen molar-refractivity contribution in [2.24, 2.45) is 0 Å². The number of pyridine rings is 1. The van der Waals surface area contributed by atoms with Gasteiger partial charge in [-0.1, -0.05) is 42.1 Å². The van der Waals surface area contributed by atoms with Crippen LogP contribution in [0.1, 0.15) is 19.4 Å². The van der Waals surface area contributed by atoms with E-state index >= 15 is 0 Å². The van der Waals surface area contributed by atoms with Gasteiger partial charge in [0, 0.05) is 31.0 Å². The van der Waals surface area contributed by atoms with Crippen molar-refractivity contribution in [1.82, 2.24) is 25.1 Å². The molecule has 0 fully saturated rings. The smallest absolute Gasteiger partial charge is 0.233 e. The second-order valence-electron chi connectivity index (χ2n) is 6.07. The molecule has 0 bridgehead atoms. The van der Waals surface area contributed by atoms with Crippen LogP contribution < -0.4 is 5.32 Å². The van der Waals surface area contributed by atoms with Crippen LogP contribution in [-0.2, 0) is 17.8 Å². The summed E-state index contributed by atoms with van der Waals surface area (Å²) in [6.07, 6.45) is 4.29. The normalized spacial score (nSPS) is 11.9. The molecule has 0 aliphatic carbocycles. The van der Waals surface area contributed by atoms with Gasteiger partial charge in [0.15, 0.2) is 11.0 Å². The molecular weight excluding hydrogens is 358 g/mol. The van der Waals surface area contributed by atoms with E-state index in [1.54, 1.807) is 12.4 Å². The summed E-state index contributed by atoms with van der Waals surface area (Å²) in [6, 6.07) is 13.9. The van der Waals surface area contributed by atoms with E-state index in [0.29, 0.717) is 6.54 Å². The maximum Gasteiger partial charge on any atom is 0.233 e. The monoisotopic (exact) mass is 381 g/mol. The molecule has 0 saturated carbocycles. The van der Waals surface area contributed by atoms with E-state index in [4.69, 9.17) is 0 Å². The highest BCUT2D eigenvalue weighted by Crippen LogP contribution is 2.26. The molecule has 1 aromatic carbocycles. The fourth-order valence-electron chi connectivity index (χ4n) is 2.71. The van der Waals surface area contributed by atoms with Crippen LogP contribution in [-0.4, -0.2) is 37.5 Å². The molecule has 3 rings (SSSR count). The zero-order chi connectivity index (χ0) is 19.1. The summed E-state index contributed by atoms with van der Waals surface area (Å²) in [6.45, 7) is 5.29. The zero-order valence-corrected chi connectivity index (χ0v) is 16.3. The summed E-state index contributed by atoms with van der Waals surface area (Å²) in [5.74, 6) is 0.797. The highest BCUT2D eigenvalue weighted by Gasteiger charge is 2.20. The van der Waals surface area contributed by atoms with Crippen LogP contribution >= 0.6 is 11.8 Å². The molecule has 0 spiro atoms. The van der Waals surface area contributed by atoms with Gasteiger partial charge in [0.2, 0.25) is 5.91 Å². The molecule has 27 heavy (non-hydrogen) atoms. The fraction of sp³-hybridized carbons (Fsp3) is 0.300. The van der Waals surface area contributed by atoms with Crippen molar-refractivity contribution in [2.45, 2.75) is 37.2 Å². The largest absolute Gasteiger partial charge is 0.355 e. The van der Waals surface area contributed by atoms with E-state index in [1.165, 1.54) is 17.3 Å². The van der Waals surface area contributed by atoms with Crippen molar-refractivity contribution in [3.63, 3.8) is 0 Å². The predicted octanol–water partition coefficient (Wildman–Crippen LogP) is 3.20. The van der Waals surface area contributed by atoms with Crippen molar-refractivity contribution < 1.29 is 4.79 Å². The molecule has 0 aliphatic rings. The van der Waals surface area contributed by atoms with Gasteiger partial charge in [0.1, 0.15) is 0 Å². The van der Waals surface area contributed by atoms with Gasteiger partial charge in [0.05, 0.1) is 5.25 Å². The lowest BCUT2D eigenvalue weighted by molar-refractivity contribution is -0.120. The van der Waals surface area contributed by atoms with Crippen molar-refractivity contribution in [3.8, 4) is 11.4 Å². The predicted molar refractivity (Wildman–Crippen MR) is 107 cm³/mol. The Morgan fingerprint density at radius 3 is 2.59 bits per heavy atom. The topological polar surface area (TPSA) is 72.7 Å². The first-order valence-electron chi connectivity index (χ1n) is 9.01.